The minimum Gasteiger partial charge on any atom is -0.478 e. The number of H-pyrrole nitrogens is 1. The van der Waals surface area contributed by atoms with Gasteiger partial charge in [0.1, 0.15) is 0 Å². The first-order chi connectivity index (χ1) is 10.7. The van der Waals surface area contributed by atoms with Gasteiger partial charge in [-0.2, -0.15) is 0 Å². The molecule has 0 saturated heterocycles. The fourth-order valence-electron chi connectivity index (χ4n) is 2.37. The van der Waals surface area contributed by atoms with E-state index in [-0.39, 0.29) is 5.56 Å². The summed E-state index contributed by atoms with van der Waals surface area (Å²) in [5.41, 5.74) is 3.06. The smallest absolute Gasteiger partial charge is 0.335 e. The van der Waals surface area contributed by atoms with Crippen LogP contribution in [0.2, 0.25) is 0 Å². The zero-order valence-electron chi connectivity index (χ0n) is 12.0. The van der Waals surface area contributed by atoms with Gasteiger partial charge in [-0.05, 0) is 36.6 Å². The van der Waals surface area contributed by atoms with E-state index in [0.29, 0.717) is 5.95 Å². The molecule has 0 atom stereocenters. The van der Waals surface area contributed by atoms with Gasteiger partial charge >= 0.3 is 5.97 Å². The second-order valence-electron chi connectivity index (χ2n) is 5.14. The molecule has 0 amide bonds. The average Bonchev–Trinajstić information content (AvgIpc) is 2.94. The lowest BCUT2D eigenvalue weighted by Crippen LogP contribution is -2.04. The molecule has 2 aromatic carbocycles. The Hall–Kier alpha value is -2.82. The quantitative estimate of drug-likeness (QED) is 0.610. The highest BCUT2D eigenvalue weighted by Crippen LogP contribution is 2.16. The van der Waals surface area contributed by atoms with Crippen molar-refractivity contribution in [3.8, 4) is 0 Å². The molecule has 0 saturated carbocycles. The summed E-state index contributed by atoms with van der Waals surface area (Å²) in [6, 6.07) is 15.2. The minimum absolute atomic E-state index is 0.256. The van der Waals surface area contributed by atoms with Gasteiger partial charge in [0, 0.05) is 6.54 Å². The molecule has 5 heteroatoms. The third-order valence-electron chi connectivity index (χ3n) is 3.51. The van der Waals surface area contributed by atoms with Crippen molar-refractivity contribution in [2.24, 2.45) is 0 Å². The number of nitrogens with zero attached hydrogens (tertiary/aromatic N) is 1. The van der Waals surface area contributed by atoms with Gasteiger partial charge in [-0.1, -0.05) is 30.3 Å². The zero-order chi connectivity index (χ0) is 15.4. The lowest BCUT2D eigenvalue weighted by Gasteiger charge is -2.03. The number of aromatic amines is 1. The predicted octanol–water partition coefficient (Wildman–Crippen LogP) is 3.31. The van der Waals surface area contributed by atoms with Crippen LogP contribution in [0.5, 0.6) is 0 Å². The van der Waals surface area contributed by atoms with Crippen LogP contribution in [0.1, 0.15) is 22.3 Å². The molecule has 0 radical (unpaired) electrons. The molecule has 1 heterocycles. The Labute approximate surface area is 128 Å². The van der Waals surface area contributed by atoms with Crippen molar-refractivity contribution in [1.29, 1.82) is 0 Å². The zero-order valence-corrected chi connectivity index (χ0v) is 12.0. The summed E-state index contributed by atoms with van der Waals surface area (Å²) in [7, 11) is 0. The third kappa shape index (κ3) is 3.25. The molecule has 3 N–H and O–H groups in total. The van der Waals surface area contributed by atoms with Crippen molar-refractivity contribution < 1.29 is 9.90 Å². The fraction of sp³-hybridized carbons (Fsp3) is 0.176. The summed E-state index contributed by atoms with van der Waals surface area (Å²) in [5.74, 6) is -0.264. The van der Waals surface area contributed by atoms with E-state index in [2.05, 4.69) is 27.4 Å². The van der Waals surface area contributed by atoms with Crippen molar-refractivity contribution in [2.45, 2.75) is 12.8 Å². The molecule has 22 heavy (non-hydrogen) atoms. The van der Waals surface area contributed by atoms with E-state index in [4.69, 9.17) is 5.11 Å². The van der Waals surface area contributed by atoms with Crippen molar-refractivity contribution in [1.82, 2.24) is 9.97 Å². The topological polar surface area (TPSA) is 78.0 Å². The number of aromatic carboxylic acids is 1. The number of fused-ring (bicyclic) bond motifs is 1. The van der Waals surface area contributed by atoms with E-state index in [1.165, 1.54) is 5.56 Å². The largest absolute Gasteiger partial charge is 0.478 e. The van der Waals surface area contributed by atoms with Gasteiger partial charge in [-0.15, -0.1) is 0 Å². The first-order valence-electron chi connectivity index (χ1n) is 7.23. The van der Waals surface area contributed by atoms with Crippen LogP contribution < -0.4 is 5.32 Å². The van der Waals surface area contributed by atoms with Gasteiger partial charge in [0.15, 0.2) is 0 Å². The highest BCUT2D eigenvalue weighted by atomic mass is 16.4. The number of carboxylic acid groups (broad SMARTS) is 1. The van der Waals surface area contributed by atoms with Gasteiger partial charge in [0.25, 0.3) is 0 Å². The maximum Gasteiger partial charge on any atom is 0.335 e. The number of anilines is 1. The molecule has 1 aromatic heterocycles. The summed E-state index contributed by atoms with van der Waals surface area (Å²) >= 11 is 0. The molecule has 3 rings (SSSR count). The fourth-order valence-corrected chi connectivity index (χ4v) is 2.37. The van der Waals surface area contributed by atoms with E-state index in [0.717, 1.165) is 30.4 Å². The third-order valence-corrected chi connectivity index (χ3v) is 3.51. The second-order valence-corrected chi connectivity index (χ2v) is 5.14. The Kier molecular flexibility index (Phi) is 4.05. The van der Waals surface area contributed by atoms with Crippen LogP contribution in [0.25, 0.3) is 11.0 Å². The summed E-state index contributed by atoms with van der Waals surface area (Å²) in [5, 5.41) is 12.2. The van der Waals surface area contributed by atoms with Crippen molar-refractivity contribution in [3.05, 3.63) is 59.7 Å². The molecule has 112 valence electrons. The number of benzene rings is 2. The summed E-state index contributed by atoms with van der Waals surface area (Å²) in [6.07, 6.45) is 2.01. The van der Waals surface area contributed by atoms with Crippen LogP contribution in [0.15, 0.2) is 48.5 Å². The highest BCUT2D eigenvalue weighted by molar-refractivity contribution is 5.92. The summed E-state index contributed by atoms with van der Waals surface area (Å²) in [6.45, 7) is 0.806. The maximum atomic E-state index is 10.9. The van der Waals surface area contributed by atoms with Crippen molar-refractivity contribution >= 4 is 23.0 Å². The van der Waals surface area contributed by atoms with Crippen LogP contribution in [0.4, 0.5) is 5.95 Å². The first-order valence-corrected chi connectivity index (χ1v) is 7.23. The van der Waals surface area contributed by atoms with Gasteiger partial charge < -0.3 is 15.4 Å². The Bertz CT molecular complexity index is 781. The molecule has 0 spiro atoms. The van der Waals surface area contributed by atoms with Gasteiger partial charge in [-0.25, -0.2) is 9.78 Å². The Morgan fingerprint density at radius 2 is 2.00 bits per heavy atom. The molecule has 0 bridgehead atoms. The van der Waals surface area contributed by atoms with Crippen molar-refractivity contribution in [2.75, 3.05) is 11.9 Å². The van der Waals surface area contributed by atoms with E-state index in [9.17, 15) is 4.79 Å². The molecule has 5 nitrogen and oxygen atoms in total. The van der Waals surface area contributed by atoms with Crippen molar-refractivity contribution in [3.63, 3.8) is 0 Å². The number of hydrogen-bond acceptors (Lipinski definition) is 3. The second kappa shape index (κ2) is 6.30. The number of carboxylic acids is 1. The minimum atomic E-state index is -0.936. The summed E-state index contributed by atoms with van der Waals surface area (Å²) < 4.78 is 0. The number of carbonyl (C=O) groups is 1. The number of hydrogen-bond donors (Lipinski definition) is 3. The summed E-state index contributed by atoms with van der Waals surface area (Å²) in [4.78, 5) is 18.4. The van der Waals surface area contributed by atoms with Gasteiger partial charge in [0.05, 0.1) is 16.6 Å². The van der Waals surface area contributed by atoms with Crippen LogP contribution >= 0.6 is 0 Å². The molecular weight excluding hydrogens is 278 g/mol. The van der Waals surface area contributed by atoms with E-state index >= 15 is 0 Å². The first kappa shape index (κ1) is 14.1. The van der Waals surface area contributed by atoms with Crippen LogP contribution in [-0.4, -0.2) is 27.6 Å². The highest BCUT2D eigenvalue weighted by Gasteiger charge is 2.07. The van der Waals surface area contributed by atoms with E-state index < -0.39 is 5.97 Å². The van der Waals surface area contributed by atoms with Gasteiger partial charge in [-0.3, -0.25) is 0 Å². The molecule has 0 fully saturated rings. The number of aromatic nitrogens is 2. The lowest BCUT2D eigenvalue weighted by molar-refractivity contribution is 0.0697. The Balaban J connectivity index is 1.58. The molecular formula is C17H17N3O2. The average molecular weight is 295 g/mol. The molecule has 0 unspecified atom stereocenters. The van der Waals surface area contributed by atoms with E-state index in [1.807, 2.05) is 18.2 Å². The number of imidazole rings is 1. The van der Waals surface area contributed by atoms with Crippen LogP contribution in [0, 0.1) is 0 Å². The Morgan fingerprint density at radius 1 is 1.18 bits per heavy atom. The van der Waals surface area contributed by atoms with E-state index in [1.54, 1.807) is 18.2 Å². The molecule has 3 aromatic rings. The molecule has 0 aliphatic carbocycles. The monoisotopic (exact) mass is 295 g/mol. The number of nitrogens with one attached hydrogen (secondary N) is 2. The molecule has 0 aliphatic rings. The van der Waals surface area contributed by atoms with Crippen LogP contribution in [0.3, 0.4) is 0 Å². The molecule has 0 aliphatic heterocycles. The maximum absolute atomic E-state index is 10.9. The number of rotatable bonds is 6. The predicted molar refractivity (Wildman–Crippen MR) is 86.3 cm³/mol. The Morgan fingerprint density at radius 3 is 2.77 bits per heavy atom. The number of aryl methyl sites for hydroxylation is 1. The standard InChI is InChI=1S/C17H17N3O2/c21-16(22)13-8-9-14-15(11-13)20-17(19-14)18-10-4-7-12-5-2-1-3-6-12/h1-3,5-6,8-9,11H,4,7,10H2,(H,21,22)(H2,18,19,20). The lowest BCUT2D eigenvalue weighted by atomic mass is 10.1. The SMILES string of the molecule is O=C(O)c1ccc2nc(NCCCc3ccccc3)[nH]c2c1. The van der Waals surface area contributed by atoms with Crippen LogP contribution in [-0.2, 0) is 6.42 Å². The van der Waals surface area contributed by atoms with Gasteiger partial charge in [0.2, 0.25) is 5.95 Å². The normalized spacial score (nSPS) is 10.7.